The van der Waals surface area contributed by atoms with Crippen LogP contribution in [0.15, 0.2) is 93.6 Å². The average molecular weight is 473 g/mol. The standard InChI is InChI=1S/C20H17BrN4O3S/c21-17-6-8-18(9-7-17)25(29(27,28)19-4-2-1-3-5-19)15-20(26)24-23-14-16-10-12-22-13-11-16/h1-14H,15H2,(H,24,26)/b23-14-. The van der Waals surface area contributed by atoms with Crippen LogP contribution in [-0.4, -0.2) is 32.1 Å². The molecule has 9 heteroatoms. The van der Waals surface area contributed by atoms with Crippen LogP contribution in [0.1, 0.15) is 5.56 Å². The number of carbonyl (C=O) groups excluding carboxylic acids is 1. The van der Waals surface area contributed by atoms with Crippen LogP contribution in [0.2, 0.25) is 0 Å². The molecule has 0 unspecified atom stereocenters. The quantitative estimate of drug-likeness (QED) is 0.422. The Bertz CT molecular complexity index is 1090. The summed E-state index contributed by atoms with van der Waals surface area (Å²) in [7, 11) is -3.94. The van der Waals surface area contributed by atoms with Crippen molar-refractivity contribution in [3.8, 4) is 0 Å². The SMILES string of the molecule is O=C(CN(c1ccc(Br)cc1)S(=O)(=O)c1ccccc1)N/N=C\c1ccncc1. The van der Waals surface area contributed by atoms with Gasteiger partial charge in [-0.2, -0.15) is 5.10 Å². The van der Waals surface area contributed by atoms with E-state index in [4.69, 9.17) is 0 Å². The fraction of sp³-hybridized carbons (Fsp3) is 0.0500. The zero-order chi connectivity index (χ0) is 20.7. The van der Waals surface area contributed by atoms with Gasteiger partial charge in [0.1, 0.15) is 6.54 Å². The van der Waals surface area contributed by atoms with Crippen molar-refractivity contribution < 1.29 is 13.2 Å². The van der Waals surface area contributed by atoms with Crippen molar-refractivity contribution in [1.29, 1.82) is 0 Å². The van der Waals surface area contributed by atoms with Gasteiger partial charge in [0.25, 0.3) is 15.9 Å². The number of hydrogen-bond acceptors (Lipinski definition) is 5. The Morgan fingerprint density at radius 3 is 2.34 bits per heavy atom. The summed E-state index contributed by atoms with van der Waals surface area (Å²) >= 11 is 3.33. The normalized spacial score (nSPS) is 11.3. The van der Waals surface area contributed by atoms with Gasteiger partial charge in [-0.15, -0.1) is 0 Å². The van der Waals surface area contributed by atoms with E-state index in [1.807, 2.05) is 0 Å². The molecule has 0 spiro atoms. The number of anilines is 1. The van der Waals surface area contributed by atoms with E-state index in [-0.39, 0.29) is 4.90 Å². The lowest BCUT2D eigenvalue weighted by Gasteiger charge is -2.23. The fourth-order valence-electron chi connectivity index (χ4n) is 2.44. The molecule has 1 heterocycles. The van der Waals surface area contributed by atoms with Crippen LogP contribution < -0.4 is 9.73 Å². The van der Waals surface area contributed by atoms with Crippen molar-refractivity contribution >= 4 is 43.8 Å². The summed E-state index contributed by atoms with van der Waals surface area (Å²) in [5.74, 6) is -0.572. The first-order valence-corrected chi connectivity index (χ1v) is 10.8. The van der Waals surface area contributed by atoms with Crippen molar-refractivity contribution in [3.63, 3.8) is 0 Å². The summed E-state index contributed by atoms with van der Waals surface area (Å²) < 4.78 is 28.1. The van der Waals surface area contributed by atoms with Gasteiger partial charge in [0.15, 0.2) is 0 Å². The monoisotopic (exact) mass is 472 g/mol. The molecule has 148 valence electrons. The third kappa shape index (κ3) is 5.49. The number of nitrogens with one attached hydrogen (secondary N) is 1. The van der Waals surface area contributed by atoms with E-state index in [1.54, 1.807) is 67.0 Å². The molecular weight excluding hydrogens is 456 g/mol. The van der Waals surface area contributed by atoms with Crippen molar-refractivity contribution in [3.05, 3.63) is 89.2 Å². The minimum absolute atomic E-state index is 0.0935. The lowest BCUT2D eigenvalue weighted by Crippen LogP contribution is -2.39. The second kappa shape index (κ2) is 9.44. The Kier molecular flexibility index (Phi) is 6.73. The maximum atomic E-state index is 13.1. The van der Waals surface area contributed by atoms with Crippen LogP contribution in [0.3, 0.4) is 0 Å². The van der Waals surface area contributed by atoms with E-state index in [0.717, 1.165) is 14.3 Å². The van der Waals surface area contributed by atoms with E-state index in [0.29, 0.717) is 5.69 Å². The predicted octanol–water partition coefficient (Wildman–Crippen LogP) is 3.19. The van der Waals surface area contributed by atoms with Gasteiger partial charge < -0.3 is 0 Å². The number of halogens is 1. The molecule has 0 aliphatic rings. The molecule has 0 atom stereocenters. The summed E-state index contributed by atoms with van der Waals surface area (Å²) in [6, 6.07) is 18.1. The van der Waals surface area contributed by atoms with Gasteiger partial charge in [0.05, 0.1) is 16.8 Å². The second-order valence-electron chi connectivity index (χ2n) is 5.87. The van der Waals surface area contributed by atoms with Crippen molar-refractivity contribution in [1.82, 2.24) is 10.4 Å². The number of rotatable bonds is 7. The number of benzene rings is 2. The van der Waals surface area contributed by atoms with E-state index in [9.17, 15) is 13.2 Å². The Hall–Kier alpha value is -3.04. The smallest absolute Gasteiger partial charge is 0.264 e. The molecule has 29 heavy (non-hydrogen) atoms. The predicted molar refractivity (Wildman–Crippen MR) is 115 cm³/mol. The molecule has 0 bridgehead atoms. The van der Waals surface area contributed by atoms with E-state index < -0.39 is 22.5 Å². The van der Waals surface area contributed by atoms with Gasteiger partial charge in [-0.3, -0.25) is 14.1 Å². The highest BCUT2D eigenvalue weighted by molar-refractivity contribution is 9.10. The maximum absolute atomic E-state index is 13.1. The van der Waals surface area contributed by atoms with E-state index >= 15 is 0 Å². The largest absolute Gasteiger partial charge is 0.271 e. The Morgan fingerprint density at radius 1 is 1.03 bits per heavy atom. The fourth-order valence-corrected chi connectivity index (χ4v) is 4.14. The van der Waals surface area contributed by atoms with E-state index in [2.05, 4.69) is 31.4 Å². The number of sulfonamides is 1. The Morgan fingerprint density at radius 2 is 1.69 bits per heavy atom. The summed E-state index contributed by atoms with van der Waals surface area (Å²) in [6.07, 6.45) is 4.66. The summed E-state index contributed by atoms with van der Waals surface area (Å²) in [4.78, 5) is 16.4. The molecule has 0 fully saturated rings. The molecule has 2 aromatic carbocycles. The van der Waals surface area contributed by atoms with Gasteiger partial charge in [-0.05, 0) is 54.1 Å². The molecule has 0 saturated carbocycles. The first kappa shape index (κ1) is 20.7. The number of pyridine rings is 1. The number of aromatic nitrogens is 1. The number of nitrogens with zero attached hydrogens (tertiary/aromatic N) is 3. The third-order valence-corrected chi connectivity index (χ3v) is 6.16. The van der Waals surface area contributed by atoms with Crippen molar-refractivity contribution in [2.45, 2.75) is 4.90 Å². The molecule has 1 aromatic heterocycles. The molecule has 1 N–H and O–H groups in total. The first-order valence-electron chi connectivity index (χ1n) is 8.52. The van der Waals surface area contributed by atoms with Crippen LogP contribution in [0, 0.1) is 0 Å². The molecule has 7 nitrogen and oxygen atoms in total. The zero-order valence-corrected chi connectivity index (χ0v) is 17.5. The van der Waals surface area contributed by atoms with Gasteiger partial charge in [0.2, 0.25) is 0 Å². The zero-order valence-electron chi connectivity index (χ0n) is 15.1. The highest BCUT2D eigenvalue weighted by Crippen LogP contribution is 2.25. The van der Waals surface area contributed by atoms with Crippen LogP contribution in [0.5, 0.6) is 0 Å². The molecule has 0 aliphatic heterocycles. The van der Waals surface area contributed by atoms with Gasteiger partial charge in [-0.25, -0.2) is 13.8 Å². The summed E-state index contributed by atoms with van der Waals surface area (Å²) in [5, 5.41) is 3.88. The topological polar surface area (TPSA) is 91.7 Å². The van der Waals surface area contributed by atoms with Gasteiger partial charge in [-0.1, -0.05) is 34.1 Å². The molecule has 0 radical (unpaired) electrons. The average Bonchev–Trinajstić information content (AvgIpc) is 2.74. The second-order valence-corrected chi connectivity index (χ2v) is 8.65. The minimum atomic E-state index is -3.94. The number of hydrogen-bond donors (Lipinski definition) is 1. The molecule has 0 aliphatic carbocycles. The molecule has 0 saturated heterocycles. The summed E-state index contributed by atoms with van der Waals surface area (Å²) in [5.41, 5.74) is 3.48. The summed E-state index contributed by atoms with van der Waals surface area (Å²) in [6.45, 7) is -0.424. The third-order valence-electron chi connectivity index (χ3n) is 3.84. The van der Waals surface area contributed by atoms with Crippen LogP contribution in [-0.2, 0) is 14.8 Å². The highest BCUT2D eigenvalue weighted by atomic mass is 79.9. The first-order chi connectivity index (χ1) is 14.0. The van der Waals surface area contributed by atoms with Crippen LogP contribution in [0.25, 0.3) is 0 Å². The lowest BCUT2D eigenvalue weighted by atomic mass is 10.3. The number of carbonyl (C=O) groups is 1. The minimum Gasteiger partial charge on any atom is -0.271 e. The van der Waals surface area contributed by atoms with Crippen molar-refractivity contribution in [2.75, 3.05) is 10.8 Å². The van der Waals surface area contributed by atoms with Crippen LogP contribution >= 0.6 is 15.9 Å². The number of hydrazone groups is 1. The highest BCUT2D eigenvalue weighted by Gasteiger charge is 2.27. The van der Waals surface area contributed by atoms with E-state index in [1.165, 1.54) is 18.3 Å². The van der Waals surface area contributed by atoms with Gasteiger partial charge in [0, 0.05) is 16.9 Å². The number of amides is 1. The molecule has 3 rings (SSSR count). The molecular formula is C20H17BrN4O3S. The van der Waals surface area contributed by atoms with Gasteiger partial charge >= 0.3 is 0 Å². The van der Waals surface area contributed by atoms with Crippen LogP contribution in [0.4, 0.5) is 5.69 Å². The molecule has 3 aromatic rings. The maximum Gasteiger partial charge on any atom is 0.264 e. The lowest BCUT2D eigenvalue weighted by molar-refractivity contribution is -0.119. The Balaban J connectivity index is 1.83. The Labute approximate surface area is 177 Å². The van der Waals surface area contributed by atoms with Crippen molar-refractivity contribution in [2.24, 2.45) is 5.10 Å². The molecule has 1 amide bonds.